The van der Waals surface area contributed by atoms with Gasteiger partial charge in [0.2, 0.25) is 5.91 Å². The molecule has 182 valence electrons. The fraction of sp³-hybridized carbons (Fsp3) is 0.321. The smallest absolute Gasteiger partial charge is 0.271 e. The summed E-state index contributed by atoms with van der Waals surface area (Å²) >= 11 is 1.41. The second-order valence-electron chi connectivity index (χ2n) is 8.96. The molecule has 1 fully saturated rings. The molecule has 0 unspecified atom stereocenters. The van der Waals surface area contributed by atoms with E-state index in [4.69, 9.17) is 4.74 Å². The number of nitrogens with one attached hydrogen (secondary N) is 2. The van der Waals surface area contributed by atoms with Crippen molar-refractivity contribution in [2.45, 2.75) is 58.2 Å². The first-order valence-corrected chi connectivity index (χ1v) is 12.8. The third-order valence-corrected chi connectivity index (χ3v) is 6.80. The van der Waals surface area contributed by atoms with E-state index in [1.54, 1.807) is 17.5 Å². The Bertz CT molecular complexity index is 1170. The molecule has 2 aromatic carbocycles. The average Bonchev–Trinajstić information content (AvgIpc) is 3.32. The van der Waals surface area contributed by atoms with E-state index in [1.807, 2.05) is 56.3 Å². The minimum atomic E-state index is -0.218. The monoisotopic (exact) mass is 489 g/mol. The van der Waals surface area contributed by atoms with Crippen molar-refractivity contribution >= 4 is 29.2 Å². The van der Waals surface area contributed by atoms with E-state index in [0.29, 0.717) is 12.3 Å². The molecule has 0 bridgehead atoms. The lowest BCUT2D eigenvalue weighted by Gasteiger charge is -2.32. The fourth-order valence-electron chi connectivity index (χ4n) is 4.33. The van der Waals surface area contributed by atoms with Gasteiger partial charge in [-0.05, 0) is 61.6 Å². The van der Waals surface area contributed by atoms with Crippen LogP contribution in [-0.2, 0) is 11.4 Å². The molecule has 1 aliphatic carbocycles. The van der Waals surface area contributed by atoms with Gasteiger partial charge in [-0.15, -0.1) is 11.3 Å². The van der Waals surface area contributed by atoms with Crippen LogP contribution in [0.4, 0.5) is 0 Å². The summed E-state index contributed by atoms with van der Waals surface area (Å²) in [4.78, 5) is 29.8. The predicted molar refractivity (Wildman–Crippen MR) is 139 cm³/mol. The van der Waals surface area contributed by atoms with Crippen LogP contribution >= 0.6 is 11.3 Å². The Morgan fingerprint density at radius 3 is 2.43 bits per heavy atom. The van der Waals surface area contributed by atoms with Gasteiger partial charge in [0.05, 0.1) is 0 Å². The number of hydrogen-bond donors (Lipinski definition) is 2. The molecule has 2 N–H and O–H groups in total. The topological polar surface area (TPSA) is 80.3 Å². The molecule has 1 aliphatic rings. The number of aryl methyl sites for hydroxylation is 2. The third kappa shape index (κ3) is 7.26. The zero-order chi connectivity index (χ0) is 24.6. The average molecular weight is 490 g/mol. The molecular weight excluding hydrogens is 458 g/mol. The van der Waals surface area contributed by atoms with Crippen molar-refractivity contribution in [2.24, 2.45) is 0 Å². The summed E-state index contributed by atoms with van der Waals surface area (Å²) < 4.78 is 5.87. The van der Waals surface area contributed by atoms with Crippen molar-refractivity contribution in [3.8, 4) is 5.75 Å². The maximum Gasteiger partial charge on any atom is 0.271 e. The van der Waals surface area contributed by atoms with Gasteiger partial charge in [-0.3, -0.25) is 9.59 Å². The number of thiazole rings is 1. The maximum atomic E-state index is 12.9. The first kappa shape index (κ1) is 24.7. The van der Waals surface area contributed by atoms with Crippen molar-refractivity contribution in [1.29, 1.82) is 0 Å². The number of hydrogen-bond acceptors (Lipinski definition) is 5. The summed E-state index contributed by atoms with van der Waals surface area (Å²) in [5.41, 5.74) is 3.64. The summed E-state index contributed by atoms with van der Waals surface area (Å²) in [6, 6.07) is 15.5. The summed E-state index contributed by atoms with van der Waals surface area (Å²) in [5, 5.41) is 8.67. The molecule has 0 saturated heterocycles. The van der Waals surface area contributed by atoms with E-state index in [-0.39, 0.29) is 23.9 Å². The highest BCUT2D eigenvalue weighted by molar-refractivity contribution is 7.09. The van der Waals surface area contributed by atoms with Crippen LogP contribution in [0.2, 0.25) is 0 Å². The number of amides is 2. The lowest BCUT2D eigenvalue weighted by molar-refractivity contribution is -0.117. The molecule has 35 heavy (non-hydrogen) atoms. The van der Waals surface area contributed by atoms with Crippen LogP contribution in [0, 0.1) is 13.8 Å². The van der Waals surface area contributed by atoms with Crippen molar-refractivity contribution in [3.63, 3.8) is 0 Å². The van der Waals surface area contributed by atoms with E-state index >= 15 is 0 Å². The third-order valence-electron chi connectivity index (χ3n) is 5.98. The van der Waals surface area contributed by atoms with Crippen molar-refractivity contribution in [3.05, 3.63) is 87.4 Å². The second kappa shape index (κ2) is 11.8. The van der Waals surface area contributed by atoms with Crippen LogP contribution in [-0.4, -0.2) is 28.9 Å². The van der Waals surface area contributed by atoms with E-state index in [0.717, 1.165) is 53.1 Å². The molecule has 0 radical (unpaired) electrons. The predicted octanol–water partition coefficient (Wildman–Crippen LogP) is 5.21. The van der Waals surface area contributed by atoms with E-state index in [1.165, 1.54) is 11.3 Å². The van der Waals surface area contributed by atoms with Gasteiger partial charge < -0.3 is 15.4 Å². The Morgan fingerprint density at radius 2 is 1.71 bits per heavy atom. The lowest BCUT2D eigenvalue weighted by Crippen LogP contribution is -2.53. The van der Waals surface area contributed by atoms with Gasteiger partial charge in [-0.1, -0.05) is 49.2 Å². The van der Waals surface area contributed by atoms with Gasteiger partial charge in [0.1, 0.15) is 23.1 Å². The Hall–Kier alpha value is -3.45. The number of nitrogens with zero attached hydrogens (tertiary/aromatic N) is 1. The van der Waals surface area contributed by atoms with Crippen LogP contribution in [0.1, 0.15) is 57.9 Å². The van der Waals surface area contributed by atoms with Gasteiger partial charge in [-0.2, -0.15) is 0 Å². The minimum Gasteiger partial charge on any atom is -0.486 e. The van der Waals surface area contributed by atoms with Crippen molar-refractivity contribution < 1.29 is 14.3 Å². The van der Waals surface area contributed by atoms with Gasteiger partial charge in [0.25, 0.3) is 5.91 Å². The first-order chi connectivity index (χ1) is 17.0. The molecule has 6 nitrogen and oxygen atoms in total. The highest BCUT2D eigenvalue weighted by atomic mass is 32.1. The molecule has 4 rings (SSSR count). The molecule has 2 atom stereocenters. The van der Waals surface area contributed by atoms with Crippen molar-refractivity contribution in [2.75, 3.05) is 0 Å². The molecule has 2 amide bonds. The second-order valence-corrected chi connectivity index (χ2v) is 9.90. The Labute approximate surface area is 210 Å². The normalized spacial score (nSPS) is 17.8. The largest absolute Gasteiger partial charge is 0.486 e. The minimum absolute atomic E-state index is 0.105. The summed E-state index contributed by atoms with van der Waals surface area (Å²) in [6.07, 6.45) is 7.04. The lowest BCUT2D eigenvalue weighted by atomic mass is 9.90. The van der Waals surface area contributed by atoms with Crippen LogP contribution in [0.25, 0.3) is 6.08 Å². The summed E-state index contributed by atoms with van der Waals surface area (Å²) in [7, 11) is 0. The van der Waals surface area contributed by atoms with Crippen LogP contribution < -0.4 is 15.4 Å². The number of ether oxygens (including phenoxy) is 1. The van der Waals surface area contributed by atoms with E-state index < -0.39 is 0 Å². The van der Waals surface area contributed by atoms with Gasteiger partial charge in [0, 0.05) is 23.5 Å². The van der Waals surface area contributed by atoms with E-state index in [9.17, 15) is 9.59 Å². The zero-order valence-electron chi connectivity index (χ0n) is 20.1. The van der Waals surface area contributed by atoms with Crippen LogP contribution in [0.3, 0.4) is 0 Å². The van der Waals surface area contributed by atoms with Gasteiger partial charge in [0.15, 0.2) is 0 Å². The first-order valence-electron chi connectivity index (χ1n) is 12.0. The highest BCUT2D eigenvalue weighted by Crippen LogP contribution is 2.21. The Balaban J connectivity index is 1.31. The van der Waals surface area contributed by atoms with E-state index in [2.05, 4.69) is 21.7 Å². The SMILES string of the molecule is Cc1cc(C)cc(OCc2nc(C(=O)N[C@@H]3CCCC[C@H]3NC(=O)/C=C/c3ccccc3)cs2)c1. The zero-order valence-corrected chi connectivity index (χ0v) is 20.9. The molecule has 1 aromatic heterocycles. The molecule has 0 spiro atoms. The molecule has 0 aliphatic heterocycles. The van der Waals surface area contributed by atoms with Crippen molar-refractivity contribution in [1.82, 2.24) is 15.6 Å². The summed E-state index contributed by atoms with van der Waals surface area (Å²) in [6.45, 7) is 4.38. The summed E-state index contributed by atoms with van der Waals surface area (Å²) in [5.74, 6) is 0.426. The van der Waals surface area contributed by atoms with Crippen LogP contribution in [0.5, 0.6) is 5.75 Å². The molecule has 1 heterocycles. The number of carbonyl (C=O) groups is 2. The highest BCUT2D eigenvalue weighted by Gasteiger charge is 2.28. The van der Waals surface area contributed by atoms with Crippen LogP contribution in [0.15, 0.2) is 60.0 Å². The molecule has 3 aromatic rings. The quantitative estimate of drug-likeness (QED) is 0.426. The van der Waals surface area contributed by atoms with Gasteiger partial charge >= 0.3 is 0 Å². The molecular formula is C28H31N3O3S. The number of aromatic nitrogens is 1. The fourth-order valence-corrected chi connectivity index (χ4v) is 5.01. The standard InChI is InChI=1S/C28H31N3O3S/c1-19-14-20(2)16-22(15-19)34-17-27-30-25(18-35-27)28(33)31-24-11-7-6-10-23(24)29-26(32)13-12-21-8-4-3-5-9-21/h3-5,8-9,12-16,18,23-24H,6-7,10-11,17H2,1-2H3,(H,29,32)(H,31,33)/b13-12+/t23-,24-/m1/s1. The Morgan fingerprint density at radius 1 is 1.03 bits per heavy atom. The molecule has 7 heteroatoms. The number of benzene rings is 2. The number of carbonyl (C=O) groups excluding carboxylic acids is 2. The Kier molecular flexibility index (Phi) is 8.32. The maximum absolute atomic E-state index is 12.9. The molecule has 1 saturated carbocycles. The number of rotatable bonds is 8. The van der Waals surface area contributed by atoms with Gasteiger partial charge in [-0.25, -0.2) is 4.98 Å².